The van der Waals surface area contributed by atoms with Gasteiger partial charge in [-0.15, -0.1) is 0 Å². The lowest BCUT2D eigenvalue weighted by molar-refractivity contribution is -0.136. The van der Waals surface area contributed by atoms with Crippen molar-refractivity contribution in [3.8, 4) is 16.5 Å². The Morgan fingerprint density at radius 3 is 2.62 bits per heavy atom. The van der Waals surface area contributed by atoms with Gasteiger partial charge in [0.05, 0.1) is 12.0 Å². The molecule has 1 aromatic heterocycles. The van der Waals surface area contributed by atoms with Gasteiger partial charge in [0, 0.05) is 11.5 Å². The second kappa shape index (κ2) is 5.41. The number of fused-ring (bicyclic) bond motifs is 1. The topological polar surface area (TPSA) is 56.3 Å². The number of ether oxygens (including phenoxy) is 1. The lowest BCUT2D eigenvalue weighted by atomic mass is 9.86. The molecular weight excluding hydrogens is 286 g/mol. The highest BCUT2D eigenvalue weighted by Gasteiger charge is 2.33. The minimum atomic E-state index is -0.316. The molecule has 0 spiro atoms. The van der Waals surface area contributed by atoms with E-state index in [1.54, 1.807) is 0 Å². The molecule has 108 valence electrons. The average Bonchev–Trinajstić information content (AvgIpc) is 2.46. The Bertz CT molecular complexity index is 737. The second-order valence-corrected chi connectivity index (χ2v) is 6.38. The van der Waals surface area contributed by atoms with Crippen molar-refractivity contribution in [1.82, 2.24) is 4.98 Å². The van der Waals surface area contributed by atoms with Crippen molar-refractivity contribution in [2.24, 2.45) is 5.92 Å². The van der Waals surface area contributed by atoms with Gasteiger partial charge in [0.2, 0.25) is 10.6 Å². The van der Waals surface area contributed by atoms with Crippen LogP contribution >= 0.6 is 11.3 Å². The molecule has 0 amide bonds. The van der Waals surface area contributed by atoms with Gasteiger partial charge in [-0.3, -0.25) is 9.59 Å². The summed E-state index contributed by atoms with van der Waals surface area (Å²) in [5.41, 5.74) is 1.40. The van der Waals surface area contributed by atoms with E-state index in [2.05, 4.69) is 4.98 Å². The first-order chi connectivity index (χ1) is 10.1. The van der Waals surface area contributed by atoms with E-state index in [1.807, 2.05) is 44.2 Å². The smallest absolute Gasteiger partial charge is 0.313 e. The van der Waals surface area contributed by atoms with Gasteiger partial charge in [-0.05, 0) is 5.92 Å². The van der Waals surface area contributed by atoms with Crippen LogP contribution in [0.3, 0.4) is 0 Å². The molecule has 0 radical (unpaired) electrons. The number of aromatic nitrogens is 1. The van der Waals surface area contributed by atoms with E-state index < -0.39 is 0 Å². The predicted molar refractivity (Wildman–Crippen MR) is 81.7 cm³/mol. The molecule has 3 rings (SSSR count). The van der Waals surface area contributed by atoms with E-state index in [9.17, 15) is 9.59 Å². The molecule has 4 nitrogen and oxygen atoms in total. The van der Waals surface area contributed by atoms with Crippen molar-refractivity contribution in [2.75, 3.05) is 0 Å². The van der Waals surface area contributed by atoms with Crippen molar-refractivity contribution >= 4 is 17.3 Å². The molecule has 0 saturated heterocycles. The van der Waals surface area contributed by atoms with Crippen LogP contribution in [0.15, 0.2) is 35.1 Å². The van der Waals surface area contributed by atoms with Crippen molar-refractivity contribution in [3.63, 3.8) is 0 Å². The average molecular weight is 301 g/mol. The van der Waals surface area contributed by atoms with Crippen LogP contribution in [0.1, 0.15) is 31.7 Å². The Hall–Kier alpha value is -2.01. The maximum absolute atomic E-state index is 12.5. The summed E-state index contributed by atoms with van der Waals surface area (Å²) in [5, 5.41) is 0.580. The zero-order chi connectivity index (χ0) is 15.0. The van der Waals surface area contributed by atoms with E-state index in [0.717, 1.165) is 16.9 Å². The number of rotatable bonds is 2. The highest BCUT2D eigenvalue weighted by molar-refractivity contribution is 7.12. The van der Waals surface area contributed by atoms with Gasteiger partial charge in [-0.2, -0.15) is 0 Å². The summed E-state index contributed by atoms with van der Waals surface area (Å²) in [4.78, 5) is 28.6. The van der Waals surface area contributed by atoms with Gasteiger partial charge < -0.3 is 4.74 Å². The fourth-order valence-electron chi connectivity index (χ4n) is 2.50. The lowest BCUT2D eigenvalue weighted by Crippen LogP contribution is -2.28. The van der Waals surface area contributed by atoms with Crippen molar-refractivity contribution in [3.05, 3.63) is 45.4 Å². The van der Waals surface area contributed by atoms with Crippen LogP contribution < -0.4 is 9.48 Å². The summed E-state index contributed by atoms with van der Waals surface area (Å²) >= 11 is 1.11. The molecule has 1 atom stereocenters. The molecule has 2 aromatic rings. The van der Waals surface area contributed by atoms with E-state index in [4.69, 9.17) is 4.74 Å². The number of carbonyl (C=O) groups excluding carboxylic acids is 1. The normalized spacial score (nSPS) is 17.5. The molecule has 5 heteroatoms. The quantitative estimate of drug-likeness (QED) is 0.799. The molecule has 0 N–H and O–H groups in total. The van der Waals surface area contributed by atoms with Crippen LogP contribution in [0.25, 0.3) is 10.6 Å². The summed E-state index contributed by atoms with van der Waals surface area (Å²) < 4.78 is 5.15. The minimum Gasteiger partial charge on any atom is -0.407 e. The fraction of sp³-hybridized carbons (Fsp3) is 0.312. The standard InChI is InChI=1S/C16H15NO3S/c1-9(2)11-8-12(18)20-14-13(11)16(19)21-15(17-14)10-6-4-3-5-7-10/h3-7,9,11H,8H2,1-2H3. The SMILES string of the molecule is CC(C)C1CC(=O)Oc2nc(-c3ccccc3)sc(=O)c21. The first kappa shape index (κ1) is 13.9. The number of hydrogen-bond acceptors (Lipinski definition) is 5. The Labute approximate surface area is 126 Å². The Morgan fingerprint density at radius 1 is 1.24 bits per heavy atom. The van der Waals surface area contributed by atoms with Gasteiger partial charge in [0.15, 0.2) is 0 Å². The Balaban J connectivity index is 2.16. The van der Waals surface area contributed by atoms with E-state index in [0.29, 0.717) is 10.6 Å². The second-order valence-electron chi connectivity index (χ2n) is 5.42. The van der Waals surface area contributed by atoms with Gasteiger partial charge in [0.25, 0.3) is 0 Å². The molecule has 1 aliphatic heterocycles. The summed E-state index contributed by atoms with van der Waals surface area (Å²) in [6, 6.07) is 9.44. The van der Waals surface area contributed by atoms with Crippen LogP contribution in [-0.2, 0) is 4.79 Å². The summed E-state index contributed by atoms with van der Waals surface area (Å²) in [6.45, 7) is 4.00. The number of carbonyl (C=O) groups is 1. The minimum absolute atomic E-state index is 0.0648. The zero-order valence-electron chi connectivity index (χ0n) is 11.8. The van der Waals surface area contributed by atoms with E-state index in [-0.39, 0.29) is 34.8 Å². The number of benzene rings is 1. The maximum Gasteiger partial charge on any atom is 0.313 e. The van der Waals surface area contributed by atoms with Gasteiger partial charge in [-0.1, -0.05) is 55.5 Å². The van der Waals surface area contributed by atoms with E-state index in [1.165, 1.54) is 0 Å². The summed E-state index contributed by atoms with van der Waals surface area (Å²) in [7, 11) is 0. The molecule has 1 aromatic carbocycles. The molecule has 1 unspecified atom stereocenters. The Morgan fingerprint density at radius 2 is 1.95 bits per heavy atom. The highest BCUT2D eigenvalue weighted by atomic mass is 32.1. The number of hydrogen-bond donors (Lipinski definition) is 0. The molecule has 1 aliphatic rings. The molecule has 0 bridgehead atoms. The molecule has 0 saturated carbocycles. The van der Waals surface area contributed by atoms with Crippen molar-refractivity contribution in [2.45, 2.75) is 26.2 Å². The third-order valence-electron chi connectivity index (χ3n) is 3.64. The van der Waals surface area contributed by atoms with Gasteiger partial charge in [0.1, 0.15) is 5.01 Å². The largest absolute Gasteiger partial charge is 0.407 e. The van der Waals surface area contributed by atoms with Gasteiger partial charge in [-0.25, -0.2) is 4.98 Å². The highest BCUT2D eigenvalue weighted by Crippen LogP contribution is 2.37. The zero-order valence-corrected chi connectivity index (χ0v) is 12.6. The number of esters is 1. The number of nitrogens with zero attached hydrogens (tertiary/aromatic N) is 1. The maximum atomic E-state index is 12.5. The van der Waals surface area contributed by atoms with Crippen molar-refractivity contribution in [1.29, 1.82) is 0 Å². The molecule has 2 heterocycles. The van der Waals surface area contributed by atoms with Gasteiger partial charge >= 0.3 is 5.97 Å². The molecular formula is C16H15NO3S. The summed E-state index contributed by atoms with van der Waals surface area (Å²) in [6.07, 6.45) is 0.249. The molecule has 21 heavy (non-hydrogen) atoms. The molecule has 0 aliphatic carbocycles. The van der Waals surface area contributed by atoms with Crippen LogP contribution in [0.2, 0.25) is 0 Å². The monoisotopic (exact) mass is 301 g/mol. The molecule has 0 fully saturated rings. The van der Waals surface area contributed by atoms with Crippen molar-refractivity contribution < 1.29 is 9.53 Å². The predicted octanol–water partition coefficient (Wildman–Crippen LogP) is 3.22. The van der Waals surface area contributed by atoms with Crippen LogP contribution in [0.5, 0.6) is 5.88 Å². The third kappa shape index (κ3) is 2.61. The first-order valence-electron chi connectivity index (χ1n) is 6.87. The fourth-order valence-corrected chi connectivity index (χ4v) is 3.40. The first-order valence-corrected chi connectivity index (χ1v) is 7.69. The van der Waals surface area contributed by atoms with Crippen LogP contribution in [0.4, 0.5) is 0 Å². The third-order valence-corrected chi connectivity index (χ3v) is 4.56. The summed E-state index contributed by atoms with van der Waals surface area (Å²) in [5.74, 6) is -0.0425. The van der Waals surface area contributed by atoms with E-state index >= 15 is 0 Å². The lowest BCUT2D eigenvalue weighted by Gasteiger charge is -2.25. The Kier molecular flexibility index (Phi) is 3.59. The van der Waals surface area contributed by atoms with Crippen LogP contribution in [0, 0.1) is 5.92 Å². The van der Waals surface area contributed by atoms with Crippen LogP contribution in [-0.4, -0.2) is 11.0 Å².